The third-order valence-electron chi connectivity index (χ3n) is 3.15. The van der Waals surface area contributed by atoms with Gasteiger partial charge in [0.05, 0.1) is 22.1 Å². The SMILES string of the molecule is CC(Cl)c1nc2cc(F)ccc2n1-c1cc(Br)ccc1F. The number of hydrogen-bond acceptors (Lipinski definition) is 1. The maximum absolute atomic E-state index is 14.2. The first kappa shape index (κ1) is 14.5. The molecule has 0 amide bonds. The molecular weight excluding hydrogens is 362 g/mol. The highest BCUT2D eigenvalue weighted by atomic mass is 79.9. The minimum Gasteiger partial charge on any atom is -0.292 e. The average molecular weight is 372 g/mol. The van der Waals surface area contributed by atoms with Crippen LogP contribution in [0.4, 0.5) is 8.78 Å². The van der Waals surface area contributed by atoms with Crippen molar-refractivity contribution in [2.75, 3.05) is 0 Å². The number of alkyl halides is 1. The van der Waals surface area contributed by atoms with Gasteiger partial charge in [-0.2, -0.15) is 0 Å². The molecule has 0 saturated heterocycles. The van der Waals surface area contributed by atoms with Crippen LogP contribution < -0.4 is 0 Å². The van der Waals surface area contributed by atoms with Crippen LogP contribution in [-0.4, -0.2) is 9.55 Å². The number of hydrogen-bond donors (Lipinski definition) is 0. The zero-order chi connectivity index (χ0) is 15.1. The van der Waals surface area contributed by atoms with Crippen LogP contribution in [-0.2, 0) is 0 Å². The average Bonchev–Trinajstić information content (AvgIpc) is 2.80. The lowest BCUT2D eigenvalue weighted by atomic mass is 10.2. The van der Waals surface area contributed by atoms with Crippen LogP contribution in [0, 0.1) is 11.6 Å². The van der Waals surface area contributed by atoms with Crippen molar-refractivity contribution in [3.05, 3.63) is 58.3 Å². The van der Waals surface area contributed by atoms with Gasteiger partial charge in [0.2, 0.25) is 0 Å². The van der Waals surface area contributed by atoms with Crippen molar-refractivity contribution in [1.82, 2.24) is 9.55 Å². The predicted octanol–water partition coefficient (Wildman–Crippen LogP) is 5.37. The first-order chi connectivity index (χ1) is 9.97. The highest BCUT2D eigenvalue weighted by Crippen LogP contribution is 2.30. The van der Waals surface area contributed by atoms with E-state index in [9.17, 15) is 8.78 Å². The Morgan fingerprint density at radius 2 is 1.95 bits per heavy atom. The Morgan fingerprint density at radius 3 is 2.67 bits per heavy atom. The summed E-state index contributed by atoms with van der Waals surface area (Å²) in [6.07, 6.45) is 0. The van der Waals surface area contributed by atoms with Crippen LogP contribution in [0.3, 0.4) is 0 Å². The summed E-state index contributed by atoms with van der Waals surface area (Å²) in [4.78, 5) is 4.33. The first-order valence-corrected chi connectivity index (χ1v) is 7.47. The van der Waals surface area contributed by atoms with Gasteiger partial charge in [0.15, 0.2) is 0 Å². The van der Waals surface area contributed by atoms with Gasteiger partial charge in [-0.05, 0) is 37.3 Å². The summed E-state index contributed by atoms with van der Waals surface area (Å²) in [5.41, 5.74) is 1.37. The Morgan fingerprint density at radius 1 is 1.19 bits per heavy atom. The van der Waals surface area contributed by atoms with Crippen LogP contribution in [0.15, 0.2) is 40.9 Å². The lowest BCUT2D eigenvalue weighted by Gasteiger charge is -2.12. The Labute approximate surface area is 133 Å². The van der Waals surface area contributed by atoms with Crippen molar-refractivity contribution in [1.29, 1.82) is 0 Å². The quantitative estimate of drug-likeness (QED) is 0.554. The molecule has 21 heavy (non-hydrogen) atoms. The minimum atomic E-state index is -0.446. The molecule has 2 aromatic carbocycles. The van der Waals surface area contributed by atoms with Crippen molar-refractivity contribution in [3.8, 4) is 5.69 Å². The molecule has 0 radical (unpaired) electrons. The van der Waals surface area contributed by atoms with Crippen molar-refractivity contribution in [3.63, 3.8) is 0 Å². The molecule has 0 aliphatic rings. The number of nitrogens with zero attached hydrogens (tertiary/aromatic N) is 2. The standard InChI is InChI=1S/C15H10BrClF2N2/c1-8(17)15-20-12-7-10(18)3-5-13(12)21(15)14-6-9(16)2-4-11(14)19/h2-8H,1H3. The predicted molar refractivity (Wildman–Crippen MR) is 83.0 cm³/mol. The van der Waals surface area contributed by atoms with E-state index in [1.165, 1.54) is 18.2 Å². The fourth-order valence-electron chi connectivity index (χ4n) is 2.25. The van der Waals surface area contributed by atoms with E-state index in [4.69, 9.17) is 11.6 Å². The van der Waals surface area contributed by atoms with Crippen LogP contribution in [0.5, 0.6) is 0 Å². The van der Waals surface area contributed by atoms with Crippen molar-refractivity contribution in [2.24, 2.45) is 0 Å². The number of fused-ring (bicyclic) bond motifs is 1. The molecule has 2 nitrogen and oxygen atoms in total. The van der Waals surface area contributed by atoms with E-state index in [2.05, 4.69) is 20.9 Å². The molecule has 0 aliphatic heterocycles. The largest absolute Gasteiger partial charge is 0.292 e. The second kappa shape index (κ2) is 5.39. The summed E-state index contributed by atoms with van der Waals surface area (Å²) in [6, 6.07) is 8.81. The number of aromatic nitrogens is 2. The van der Waals surface area contributed by atoms with Gasteiger partial charge in [0.25, 0.3) is 0 Å². The summed E-state index contributed by atoms with van der Waals surface area (Å²) in [6.45, 7) is 1.74. The zero-order valence-electron chi connectivity index (χ0n) is 10.9. The second-order valence-corrected chi connectivity index (χ2v) is 6.22. The molecule has 1 aromatic heterocycles. The molecule has 1 unspecified atom stereocenters. The van der Waals surface area contributed by atoms with Gasteiger partial charge in [-0.3, -0.25) is 4.57 Å². The Bertz CT molecular complexity index is 830. The summed E-state index contributed by atoms with van der Waals surface area (Å²) in [7, 11) is 0. The highest BCUT2D eigenvalue weighted by molar-refractivity contribution is 9.10. The Kier molecular flexibility index (Phi) is 3.71. The van der Waals surface area contributed by atoms with Gasteiger partial charge >= 0.3 is 0 Å². The molecule has 0 spiro atoms. The van der Waals surface area contributed by atoms with Crippen LogP contribution in [0.1, 0.15) is 18.1 Å². The van der Waals surface area contributed by atoms with Gasteiger partial charge in [-0.15, -0.1) is 11.6 Å². The van der Waals surface area contributed by atoms with Gasteiger partial charge in [-0.25, -0.2) is 13.8 Å². The summed E-state index contributed by atoms with van der Waals surface area (Å²) in [5, 5.41) is -0.446. The molecule has 0 saturated carbocycles. The van der Waals surface area contributed by atoms with Gasteiger partial charge in [-0.1, -0.05) is 15.9 Å². The Hall–Kier alpha value is -1.46. The smallest absolute Gasteiger partial charge is 0.147 e. The Balaban J connectivity index is 2.39. The van der Waals surface area contributed by atoms with Gasteiger partial charge < -0.3 is 0 Å². The van der Waals surface area contributed by atoms with E-state index in [0.29, 0.717) is 22.5 Å². The molecule has 108 valence electrons. The monoisotopic (exact) mass is 370 g/mol. The van der Waals surface area contributed by atoms with Crippen molar-refractivity contribution >= 4 is 38.6 Å². The fraction of sp³-hybridized carbons (Fsp3) is 0.133. The van der Waals surface area contributed by atoms with E-state index in [-0.39, 0.29) is 0 Å². The molecule has 1 atom stereocenters. The topological polar surface area (TPSA) is 17.8 Å². The van der Waals surface area contributed by atoms with E-state index in [1.54, 1.807) is 29.7 Å². The highest BCUT2D eigenvalue weighted by Gasteiger charge is 2.19. The van der Waals surface area contributed by atoms with E-state index in [0.717, 1.165) is 4.47 Å². The molecule has 0 fully saturated rings. The lowest BCUT2D eigenvalue weighted by molar-refractivity contribution is 0.616. The lowest BCUT2D eigenvalue weighted by Crippen LogP contribution is -2.04. The molecule has 3 rings (SSSR count). The molecule has 6 heteroatoms. The van der Waals surface area contributed by atoms with Crippen LogP contribution in [0.2, 0.25) is 0 Å². The molecular formula is C15H10BrClF2N2. The molecule has 0 N–H and O–H groups in total. The van der Waals surface area contributed by atoms with E-state index < -0.39 is 17.0 Å². The number of rotatable bonds is 2. The molecule has 3 aromatic rings. The maximum atomic E-state index is 14.2. The molecule has 0 aliphatic carbocycles. The van der Waals surface area contributed by atoms with Crippen molar-refractivity contribution in [2.45, 2.75) is 12.3 Å². The zero-order valence-corrected chi connectivity index (χ0v) is 13.3. The number of imidazole rings is 1. The van der Waals surface area contributed by atoms with E-state index >= 15 is 0 Å². The van der Waals surface area contributed by atoms with Crippen molar-refractivity contribution < 1.29 is 8.78 Å². The van der Waals surface area contributed by atoms with Crippen LogP contribution in [0.25, 0.3) is 16.7 Å². The van der Waals surface area contributed by atoms with Gasteiger partial charge in [0.1, 0.15) is 17.5 Å². The normalized spacial score (nSPS) is 12.8. The second-order valence-electron chi connectivity index (χ2n) is 4.65. The van der Waals surface area contributed by atoms with Gasteiger partial charge in [0, 0.05) is 10.5 Å². The number of halogens is 4. The summed E-state index contributed by atoms with van der Waals surface area (Å²) < 4.78 is 29.9. The van der Waals surface area contributed by atoms with Crippen LogP contribution >= 0.6 is 27.5 Å². The third kappa shape index (κ3) is 2.56. The molecule has 0 bridgehead atoms. The van der Waals surface area contributed by atoms with E-state index in [1.807, 2.05) is 0 Å². The third-order valence-corrected chi connectivity index (χ3v) is 3.84. The maximum Gasteiger partial charge on any atom is 0.147 e. The number of benzene rings is 2. The summed E-state index contributed by atoms with van der Waals surface area (Å²) >= 11 is 9.48. The summed E-state index contributed by atoms with van der Waals surface area (Å²) in [5.74, 6) is -0.328. The fourth-order valence-corrected chi connectivity index (χ4v) is 2.74. The molecule has 1 heterocycles. The first-order valence-electron chi connectivity index (χ1n) is 6.25. The minimum absolute atomic E-state index is 0.320.